The second-order valence-electron chi connectivity index (χ2n) is 7.19. The highest BCUT2D eigenvalue weighted by Gasteiger charge is 2.32. The Morgan fingerprint density at radius 2 is 1.58 bits per heavy atom. The van der Waals surface area contributed by atoms with Gasteiger partial charge in [-0.25, -0.2) is 9.18 Å². The van der Waals surface area contributed by atoms with Gasteiger partial charge in [0, 0.05) is 11.5 Å². The summed E-state index contributed by atoms with van der Waals surface area (Å²) in [7, 11) is 0. The smallest absolute Gasteiger partial charge is 0.329 e. The van der Waals surface area contributed by atoms with E-state index in [0.29, 0.717) is 5.56 Å². The molecule has 5 heteroatoms. The predicted octanol–water partition coefficient (Wildman–Crippen LogP) is 4.07. The molecule has 0 unspecified atom stereocenters. The molecule has 0 fully saturated rings. The van der Waals surface area contributed by atoms with E-state index in [4.69, 9.17) is 4.74 Å². The van der Waals surface area contributed by atoms with E-state index in [1.165, 1.54) is 12.1 Å². The molecule has 2 aromatic rings. The fraction of sp³-hybridized carbons (Fsp3) is 0.333. The second kappa shape index (κ2) is 8.13. The molecule has 4 nitrogen and oxygen atoms in total. The monoisotopic (exact) mass is 357 g/mol. The van der Waals surface area contributed by atoms with Crippen molar-refractivity contribution < 1.29 is 18.7 Å². The Morgan fingerprint density at radius 3 is 2.12 bits per heavy atom. The summed E-state index contributed by atoms with van der Waals surface area (Å²) in [5, 5.41) is 2.76. The highest BCUT2D eigenvalue weighted by molar-refractivity contribution is 5.97. The number of amides is 1. The van der Waals surface area contributed by atoms with E-state index in [1.807, 2.05) is 6.07 Å². The number of rotatable bonds is 5. The zero-order valence-corrected chi connectivity index (χ0v) is 15.5. The van der Waals surface area contributed by atoms with Gasteiger partial charge in [0.2, 0.25) is 0 Å². The summed E-state index contributed by atoms with van der Waals surface area (Å²) in [5.74, 6) is -1.64. The highest BCUT2D eigenvalue weighted by Crippen LogP contribution is 2.23. The largest absolute Gasteiger partial charge is 0.458 e. The molecular weight excluding hydrogens is 333 g/mol. The number of nitrogens with one attached hydrogen (secondary N) is 1. The molecule has 0 radical (unpaired) electrons. The van der Waals surface area contributed by atoms with Crippen LogP contribution < -0.4 is 5.32 Å². The molecule has 0 saturated carbocycles. The molecule has 0 aliphatic heterocycles. The molecule has 0 aliphatic rings. The molecule has 0 aliphatic carbocycles. The average Bonchev–Trinajstić information content (AvgIpc) is 2.58. The summed E-state index contributed by atoms with van der Waals surface area (Å²) >= 11 is 0. The summed E-state index contributed by atoms with van der Waals surface area (Å²) < 4.78 is 18.7. The van der Waals surface area contributed by atoms with Crippen LogP contribution in [0, 0.1) is 5.82 Å². The minimum Gasteiger partial charge on any atom is -0.458 e. The lowest BCUT2D eigenvalue weighted by molar-refractivity contribution is -0.157. The third-order valence-corrected chi connectivity index (χ3v) is 3.88. The van der Waals surface area contributed by atoms with Crippen molar-refractivity contribution >= 4 is 11.9 Å². The average molecular weight is 357 g/mol. The number of benzene rings is 2. The topological polar surface area (TPSA) is 55.4 Å². The van der Waals surface area contributed by atoms with Crippen molar-refractivity contribution in [1.82, 2.24) is 5.32 Å². The van der Waals surface area contributed by atoms with Gasteiger partial charge >= 0.3 is 5.97 Å². The predicted molar refractivity (Wildman–Crippen MR) is 98.4 cm³/mol. The van der Waals surface area contributed by atoms with Gasteiger partial charge in [0.1, 0.15) is 17.5 Å². The number of hydrogen-bond donors (Lipinski definition) is 1. The summed E-state index contributed by atoms with van der Waals surface area (Å²) in [6.45, 7) is 7.10. The molecule has 138 valence electrons. The number of halogens is 1. The lowest BCUT2D eigenvalue weighted by atomic mass is 9.92. The Hall–Kier alpha value is -2.69. The number of esters is 1. The lowest BCUT2D eigenvalue weighted by Crippen LogP contribution is -2.47. The van der Waals surface area contributed by atoms with Gasteiger partial charge in [0.25, 0.3) is 5.91 Å². The first-order valence-corrected chi connectivity index (χ1v) is 8.51. The summed E-state index contributed by atoms with van der Waals surface area (Å²) in [6.07, 6.45) is 0. The molecule has 0 bridgehead atoms. The maximum atomic E-state index is 13.2. The van der Waals surface area contributed by atoms with Crippen molar-refractivity contribution in [1.29, 1.82) is 0 Å². The van der Waals surface area contributed by atoms with Crippen molar-refractivity contribution in [2.24, 2.45) is 0 Å². The standard InChI is InChI=1S/C21H24FNO3/c1-14(15-10-12-17(22)13-11-15)18(20(25)26-21(2,3)4)23-19(24)16-8-6-5-7-9-16/h5-14,18H,1-4H3,(H,23,24)/t14-,18-/m0/s1. The Morgan fingerprint density at radius 1 is 1.00 bits per heavy atom. The van der Waals surface area contributed by atoms with Crippen LogP contribution in [0.2, 0.25) is 0 Å². The molecule has 0 spiro atoms. The van der Waals surface area contributed by atoms with Crippen LogP contribution >= 0.6 is 0 Å². The second-order valence-corrected chi connectivity index (χ2v) is 7.19. The Balaban J connectivity index is 2.27. The van der Waals surface area contributed by atoms with Gasteiger partial charge in [0.15, 0.2) is 0 Å². The van der Waals surface area contributed by atoms with E-state index < -0.39 is 23.5 Å². The van der Waals surface area contributed by atoms with Crippen molar-refractivity contribution in [3.05, 3.63) is 71.5 Å². The minimum absolute atomic E-state index is 0.358. The molecular formula is C21H24FNO3. The van der Waals surface area contributed by atoms with Crippen LogP contribution in [0.3, 0.4) is 0 Å². The van der Waals surface area contributed by atoms with E-state index in [-0.39, 0.29) is 11.7 Å². The van der Waals surface area contributed by atoms with Crippen molar-refractivity contribution in [2.75, 3.05) is 0 Å². The fourth-order valence-corrected chi connectivity index (χ4v) is 2.53. The molecule has 0 aromatic heterocycles. The maximum absolute atomic E-state index is 13.2. The summed E-state index contributed by atoms with van der Waals surface area (Å²) in [6, 6.07) is 13.6. The van der Waals surface area contributed by atoms with Crippen LogP contribution in [-0.4, -0.2) is 23.5 Å². The Labute approximate surface area is 153 Å². The first kappa shape index (κ1) is 19.6. The van der Waals surface area contributed by atoms with E-state index in [0.717, 1.165) is 5.56 Å². The third-order valence-electron chi connectivity index (χ3n) is 3.88. The minimum atomic E-state index is -0.896. The number of hydrogen-bond acceptors (Lipinski definition) is 3. The SMILES string of the molecule is C[C@@H](c1ccc(F)cc1)[C@H](NC(=O)c1ccccc1)C(=O)OC(C)(C)C. The van der Waals surface area contributed by atoms with Gasteiger partial charge in [-0.15, -0.1) is 0 Å². The van der Waals surface area contributed by atoms with E-state index in [2.05, 4.69) is 5.32 Å². The number of carbonyl (C=O) groups is 2. The molecule has 0 saturated heterocycles. The molecule has 0 heterocycles. The first-order valence-electron chi connectivity index (χ1n) is 8.51. The molecule has 26 heavy (non-hydrogen) atoms. The molecule has 2 atom stereocenters. The molecule has 1 N–H and O–H groups in total. The van der Waals surface area contributed by atoms with Crippen LogP contribution in [0.1, 0.15) is 49.5 Å². The quantitative estimate of drug-likeness (QED) is 0.821. The van der Waals surface area contributed by atoms with Gasteiger partial charge in [0.05, 0.1) is 0 Å². The van der Waals surface area contributed by atoms with Crippen LogP contribution in [0.5, 0.6) is 0 Å². The summed E-state index contributed by atoms with van der Waals surface area (Å²) in [4.78, 5) is 25.2. The maximum Gasteiger partial charge on any atom is 0.329 e. The van der Waals surface area contributed by atoms with Gasteiger partial charge < -0.3 is 10.1 Å². The zero-order chi connectivity index (χ0) is 19.3. The van der Waals surface area contributed by atoms with E-state index in [1.54, 1.807) is 64.1 Å². The third kappa shape index (κ3) is 5.41. The molecule has 1 amide bonds. The molecule has 2 rings (SSSR count). The van der Waals surface area contributed by atoms with Gasteiger partial charge in [-0.1, -0.05) is 37.3 Å². The van der Waals surface area contributed by atoms with Crippen LogP contribution in [0.4, 0.5) is 4.39 Å². The van der Waals surface area contributed by atoms with Crippen molar-refractivity contribution in [3.63, 3.8) is 0 Å². The van der Waals surface area contributed by atoms with Crippen molar-refractivity contribution in [2.45, 2.75) is 45.3 Å². The number of ether oxygens (including phenoxy) is 1. The normalized spacial score (nSPS) is 13.6. The zero-order valence-electron chi connectivity index (χ0n) is 15.5. The number of carbonyl (C=O) groups excluding carboxylic acids is 2. The Bertz CT molecular complexity index is 751. The lowest BCUT2D eigenvalue weighted by Gasteiger charge is -2.28. The molecule has 2 aromatic carbocycles. The van der Waals surface area contributed by atoms with Crippen molar-refractivity contribution in [3.8, 4) is 0 Å². The first-order chi connectivity index (χ1) is 12.2. The summed E-state index contributed by atoms with van der Waals surface area (Å²) in [5.41, 5.74) is 0.498. The van der Waals surface area contributed by atoms with Crippen LogP contribution in [-0.2, 0) is 9.53 Å². The van der Waals surface area contributed by atoms with Gasteiger partial charge in [-0.05, 0) is 50.6 Å². The van der Waals surface area contributed by atoms with Gasteiger partial charge in [-0.3, -0.25) is 4.79 Å². The van der Waals surface area contributed by atoms with Gasteiger partial charge in [-0.2, -0.15) is 0 Å². The highest BCUT2D eigenvalue weighted by atomic mass is 19.1. The van der Waals surface area contributed by atoms with Crippen LogP contribution in [0.15, 0.2) is 54.6 Å². The Kier molecular flexibility index (Phi) is 6.14. The van der Waals surface area contributed by atoms with E-state index >= 15 is 0 Å². The van der Waals surface area contributed by atoms with Crippen LogP contribution in [0.25, 0.3) is 0 Å². The van der Waals surface area contributed by atoms with E-state index in [9.17, 15) is 14.0 Å². The fourth-order valence-electron chi connectivity index (χ4n) is 2.53.